The van der Waals surface area contributed by atoms with E-state index in [0.29, 0.717) is 0 Å². The van der Waals surface area contributed by atoms with Gasteiger partial charge in [0.25, 0.3) is 0 Å². The first-order valence-electron chi connectivity index (χ1n) is 6.87. The standard InChI is InChI=1S/C14H25N3O2/c1-4-5-6-9-16-14(15-2)17-10-7-12(8-11-17)13(18)19-3/h4-5,12H,6-11H2,1-3H3,(H,15,16). The van der Waals surface area contributed by atoms with Crippen LogP contribution in [-0.4, -0.2) is 50.6 Å². The number of allylic oxidation sites excluding steroid dienone is 1. The highest BCUT2D eigenvalue weighted by atomic mass is 16.5. The summed E-state index contributed by atoms with van der Waals surface area (Å²) in [6.45, 7) is 4.60. The minimum Gasteiger partial charge on any atom is -0.469 e. The van der Waals surface area contributed by atoms with Crippen LogP contribution >= 0.6 is 0 Å². The minimum atomic E-state index is -0.0873. The number of rotatable bonds is 4. The van der Waals surface area contributed by atoms with Gasteiger partial charge in [-0.05, 0) is 26.2 Å². The van der Waals surface area contributed by atoms with Crippen molar-refractivity contribution in [3.8, 4) is 0 Å². The molecule has 1 aliphatic heterocycles. The highest BCUT2D eigenvalue weighted by Crippen LogP contribution is 2.18. The lowest BCUT2D eigenvalue weighted by Gasteiger charge is -2.33. The summed E-state index contributed by atoms with van der Waals surface area (Å²) < 4.78 is 4.79. The molecule has 1 fully saturated rings. The van der Waals surface area contributed by atoms with Gasteiger partial charge in [0.15, 0.2) is 5.96 Å². The van der Waals surface area contributed by atoms with E-state index >= 15 is 0 Å². The molecule has 0 amide bonds. The molecule has 0 aromatic heterocycles. The van der Waals surface area contributed by atoms with Gasteiger partial charge in [-0.1, -0.05) is 12.2 Å². The average Bonchev–Trinajstić information content (AvgIpc) is 2.47. The molecule has 0 unspecified atom stereocenters. The number of carbonyl (C=O) groups excluding carboxylic acids is 1. The summed E-state index contributed by atoms with van der Waals surface area (Å²) >= 11 is 0. The molecule has 0 atom stereocenters. The monoisotopic (exact) mass is 267 g/mol. The molecule has 1 rings (SSSR count). The number of hydrogen-bond acceptors (Lipinski definition) is 3. The molecule has 0 spiro atoms. The van der Waals surface area contributed by atoms with E-state index in [4.69, 9.17) is 4.74 Å². The minimum absolute atomic E-state index is 0.0439. The molecule has 1 aliphatic rings. The van der Waals surface area contributed by atoms with E-state index in [1.54, 1.807) is 7.05 Å². The molecule has 0 bridgehead atoms. The van der Waals surface area contributed by atoms with Crippen LogP contribution in [0.4, 0.5) is 0 Å². The zero-order valence-corrected chi connectivity index (χ0v) is 12.2. The topological polar surface area (TPSA) is 53.9 Å². The fraction of sp³-hybridized carbons (Fsp3) is 0.714. The van der Waals surface area contributed by atoms with Gasteiger partial charge in [-0.2, -0.15) is 0 Å². The molecule has 0 radical (unpaired) electrons. The lowest BCUT2D eigenvalue weighted by atomic mass is 9.97. The summed E-state index contributed by atoms with van der Waals surface area (Å²) in [4.78, 5) is 18.0. The molecule has 1 saturated heterocycles. The number of aliphatic imine (C=N–C) groups is 1. The Morgan fingerprint density at radius 3 is 2.68 bits per heavy atom. The van der Waals surface area contributed by atoms with Crippen molar-refractivity contribution in [1.82, 2.24) is 10.2 Å². The summed E-state index contributed by atoms with van der Waals surface area (Å²) in [5.74, 6) is 0.880. The molecule has 0 aromatic rings. The van der Waals surface area contributed by atoms with Crippen LogP contribution in [0.25, 0.3) is 0 Å². The van der Waals surface area contributed by atoms with Gasteiger partial charge in [0.2, 0.25) is 0 Å². The fourth-order valence-electron chi connectivity index (χ4n) is 2.26. The maximum atomic E-state index is 11.5. The number of ether oxygens (including phenoxy) is 1. The molecule has 0 aliphatic carbocycles. The Bertz CT molecular complexity index is 332. The van der Waals surface area contributed by atoms with Gasteiger partial charge in [0.1, 0.15) is 0 Å². The normalized spacial score (nSPS) is 17.8. The zero-order chi connectivity index (χ0) is 14.1. The SMILES string of the molecule is CC=CCCNC(=NC)N1CCC(C(=O)OC)CC1. The Morgan fingerprint density at radius 1 is 1.47 bits per heavy atom. The number of piperidine rings is 1. The number of nitrogens with one attached hydrogen (secondary N) is 1. The largest absolute Gasteiger partial charge is 0.469 e. The first-order valence-corrected chi connectivity index (χ1v) is 6.87. The molecule has 19 heavy (non-hydrogen) atoms. The van der Waals surface area contributed by atoms with Crippen LogP contribution in [0.2, 0.25) is 0 Å². The van der Waals surface area contributed by atoms with Crippen LogP contribution in [-0.2, 0) is 9.53 Å². The Balaban J connectivity index is 2.37. The van der Waals surface area contributed by atoms with Crippen molar-refractivity contribution < 1.29 is 9.53 Å². The third-order valence-electron chi connectivity index (χ3n) is 3.37. The molecule has 0 aromatic carbocycles. The quantitative estimate of drug-likeness (QED) is 0.275. The predicted molar refractivity (Wildman–Crippen MR) is 77.1 cm³/mol. The van der Waals surface area contributed by atoms with E-state index in [-0.39, 0.29) is 11.9 Å². The van der Waals surface area contributed by atoms with Crippen LogP contribution in [0.3, 0.4) is 0 Å². The van der Waals surface area contributed by atoms with Gasteiger partial charge in [-0.15, -0.1) is 0 Å². The van der Waals surface area contributed by atoms with Gasteiger partial charge in [0.05, 0.1) is 13.0 Å². The molecular formula is C14H25N3O2. The van der Waals surface area contributed by atoms with Gasteiger partial charge < -0.3 is 15.0 Å². The Morgan fingerprint density at radius 2 is 2.16 bits per heavy atom. The molecule has 5 heteroatoms. The molecule has 5 nitrogen and oxygen atoms in total. The summed E-state index contributed by atoms with van der Waals surface area (Å²) in [5, 5.41) is 3.34. The van der Waals surface area contributed by atoms with Gasteiger partial charge in [-0.3, -0.25) is 9.79 Å². The van der Waals surface area contributed by atoms with Gasteiger partial charge >= 0.3 is 5.97 Å². The van der Waals surface area contributed by atoms with Crippen molar-refractivity contribution in [3.05, 3.63) is 12.2 Å². The Hall–Kier alpha value is -1.52. The van der Waals surface area contributed by atoms with Crippen molar-refractivity contribution >= 4 is 11.9 Å². The van der Waals surface area contributed by atoms with Crippen molar-refractivity contribution in [2.75, 3.05) is 33.8 Å². The highest BCUT2D eigenvalue weighted by Gasteiger charge is 2.26. The van der Waals surface area contributed by atoms with Crippen molar-refractivity contribution in [2.45, 2.75) is 26.2 Å². The van der Waals surface area contributed by atoms with E-state index in [1.165, 1.54) is 7.11 Å². The second kappa shape index (κ2) is 8.56. The lowest BCUT2D eigenvalue weighted by Crippen LogP contribution is -2.46. The second-order valence-electron chi connectivity index (χ2n) is 4.62. The van der Waals surface area contributed by atoms with Crippen LogP contribution in [0, 0.1) is 5.92 Å². The Kier molecular flexibility index (Phi) is 7.00. The summed E-state index contributed by atoms with van der Waals surface area (Å²) in [6.07, 6.45) is 6.84. The van der Waals surface area contributed by atoms with Crippen LogP contribution in [0.5, 0.6) is 0 Å². The molecular weight excluding hydrogens is 242 g/mol. The summed E-state index contributed by atoms with van der Waals surface area (Å²) in [6, 6.07) is 0. The number of methoxy groups -OCH3 is 1. The summed E-state index contributed by atoms with van der Waals surface area (Å²) in [7, 11) is 3.25. The van der Waals surface area contributed by atoms with Crippen molar-refractivity contribution in [3.63, 3.8) is 0 Å². The average molecular weight is 267 g/mol. The predicted octanol–water partition coefficient (Wildman–Crippen LogP) is 1.41. The number of nitrogens with zero attached hydrogens (tertiary/aromatic N) is 2. The van der Waals surface area contributed by atoms with E-state index in [0.717, 1.165) is 44.9 Å². The van der Waals surface area contributed by atoms with Crippen molar-refractivity contribution in [1.29, 1.82) is 0 Å². The van der Waals surface area contributed by atoms with E-state index < -0.39 is 0 Å². The van der Waals surface area contributed by atoms with Crippen molar-refractivity contribution in [2.24, 2.45) is 10.9 Å². The van der Waals surface area contributed by atoms with E-state index in [1.807, 2.05) is 13.0 Å². The molecule has 1 N–H and O–H groups in total. The number of likely N-dealkylation sites (tertiary alicyclic amines) is 1. The second-order valence-corrected chi connectivity index (χ2v) is 4.62. The number of esters is 1. The number of hydrogen-bond donors (Lipinski definition) is 1. The molecule has 1 heterocycles. The lowest BCUT2D eigenvalue weighted by molar-refractivity contribution is -0.146. The fourth-order valence-corrected chi connectivity index (χ4v) is 2.26. The summed E-state index contributed by atoms with van der Waals surface area (Å²) in [5.41, 5.74) is 0. The number of guanidine groups is 1. The molecule has 108 valence electrons. The Labute approximate surface area is 115 Å². The maximum absolute atomic E-state index is 11.5. The van der Waals surface area contributed by atoms with Crippen LogP contribution < -0.4 is 5.32 Å². The third kappa shape index (κ3) is 4.93. The smallest absolute Gasteiger partial charge is 0.308 e. The van der Waals surface area contributed by atoms with Crippen LogP contribution in [0.15, 0.2) is 17.1 Å². The first kappa shape index (κ1) is 15.5. The zero-order valence-electron chi connectivity index (χ0n) is 12.2. The van der Waals surface area contributed by atoms with Gasteiger partial charge in [0, 0.05) is 26.7 Å². The number of carbonyl (C=O) groups is 1. The van der Waals surface area contributed by atoms with E-state index in [9.17, 15) is 4.79 Å². The van der Waals surface area contributed by atoms with Crippen LogP contribution in [0.1, 0.15) is 26.2 Å². The van der Waals surface area contributed by atoms with E-state index in [2.05, 4.69) is 21.3 Å². The maximum Gasteiger partial charge on any atom is 0.308 e. The third-order valence-corrected chi connectivity index (χ3v) is 3.37. The first-order chi connectivity index (χ1) is 9.22. The van der Waals surface area contributed by atoms with Gasteiger partial charge in [-0.25, -0.2) is 0 Å². The molecule has 0 saturated carbocycles. The highest BCUT2D eigenvalue weighted by molar-refractivity contribution is 5.80.